The first-order valence-corrected chi connectivity index (χ1v) is 7.62. The molecule has 1 aliphatic rings. The lowest BCUT2D eigenvalue weighted by atomic mass is 10.2. The van der Waals surface area contributed by atoms with Gasteiger partial charge in [0, 0.05) is 44.6 Å². The molecule has 0 spiro atoms. The molecule has 8 heteroatoms. The van der Waals surface area contributed by atoms with Gasteiger partial charge >= 0.3 is 0 Å². The maximum atomic E-state index is 12.4. The normalized spacial score (nSPS) is 14.5. The molecule has 8 nitrogen and oxygen atoms in total. The number of hydrogen-bond acceptors (Lipinski definition) is 6. The molecule has 3 heterocycles. The van der Waals surface area contributed by atoms with E-state index >= 15 is 0 Å². The fourth-order valence-electron chi connectivity index (χ4n) is 2.72. The number of rotatable bonds is 3. The molecule has 0 radical (unpaired) electrons. The van der Waals surface area contributed by atoms with Crippen LogP contribution in [0.4, 0.5) is 11.5 Å². The first kappa shape index (κ1) is 15.9. The van der Waals surface area contributed by atoms with Crippen molar-refractivity contribution in [2.45, 2.75) is 6.92 Å². The van der Waals surface area contributed by atoms with E-state index in [9.17, 15) is 14.9 Å². The monoisotopic (exact) mass is 327 g/mol. The van der Waals surface area contributed by atoms with Gasteiger partial charge in [0.2, 0.25) is 0 Å². The maximum Gasteiger partial charge on any atom is 0.290 e. The van der Waals surface area contributed by atoms with Gasteiger partial charge < -0.3 is 9.80 Å². The van der Waals surface area contributed by atoms with E-state index in [-0.39, 0.29) is 11.6 Å². The van der Waals surface area contributed by atoms with E-state index in [1.54, 1.807) is 42.4 Å². The minimum absolute atomic E-state index is 0.0177. The van der Waals surface area contributed by atoms with Gasteiger partial charge in [-0.15, -0.1) is 0 Å². The van der Waals surface area contributed by atoms with E-state index in [2.05, 4.69) is 9.97 Å². The molecule has 0 saturated carbocycles. The van der Waals surface area contributed by atoms with Gasteiger partial charge in [-0.05, 0) is 25.1 Å². The average Bonchev–Trinajstić information content (AvgIpc) is 2.61. The molecular formula is C16H17N5O3. The third kappa shape index (κ3) is 3.17. The fourth-order valence-corrected chi connectivity index (χ4v) is 2.72. The summed E-state index contributed by atoms with van der Waals surface area (Å²) >= 11 is 0. The zero-order valence-electron chi connectivity index (χ0n) is 13.3. The van der Waals surface area contributed by atoms with E-state index in [0.717, 1.165) is 0 Å². The van der Waals surface area contributed by atoms with Crippen LogP contribution in [0.5, 0.6) is 0 Å². The Labute approximate surface area is 138 Å². The summed E-state index contributed by atoms with van der Waals surface area (Å²) < 4.78 is 0. The van der Waals surface area contributed by atoms with Gasteiger partial charge in [-0.25, -0.2) is 4.98 Å². The third-order valence-corrected chi connectivity index (χ3v) is 4.04. The van der Waals surface area contributed by atoms with Crippen LogP contribution in [0.25, 0.3) is 0 Å². The Morgan fingerprint density at radius 1 is 1.21 bits per heavy atom. The Morgan fingerprint density at radius 2 is 1.96 bits per heavy atom. The van der Waals surface area contributed by atoms with Gasteiger partial charge in [0.25, 0.3) is 11.6 Å². The first-order chi connectivity index (χ1) is 11.6. The lowest BCUT2D eigenvalue weighted by Gasteiger charge is -2.35. The van der Waals surface area contributed by atoms with Crippen molar-refractivity contribution in [2.24, 2.45) is 0 Å². The number of anilines is 1. The number of carbonyl (C=O) groups excluding carboxylic acids is 1. The molecule has 1 saturated heterocycles. The zero-order valence-corrected chi connectivity index (χ0v) is 13.3. The van der Waals surface area contributed by atoms with Crippen LogP contribution in [-0.4, -0.2) is 51.9 Å². The summed E-state index contributed by atoms with van der Waals surface area (Å²) in [6, 6.07) is 6.63. The maximum absolute atomic E-state index is 12.4. The van der Waals surface area contributed by atoms with Crippen molar-refractivity contribution in [1.82, 2.24) is 14.9 Å². The highest BCUT2D eigenvalue weighted by Gasteiger charge is 2.24. The zero-order chi connectivity index (χ0) is 17.1. The number of piperazine rings is 1. The number of nitrogens with zero attached hydrogens (tertiary/aromatic N) is 5. The highest BCUT2D eigenvalue weighted by atomic mass is 16.6. The minimum atomic E-state index is -0.434. The molecule has 0 unspecified atom stereocenters. The number of pyridine rings is 2. The predicted octanol–water partition coefficient (Wildman–Crippen LogP) is 1.66. The van der Waals surface area contributed by atoms with Crippen molar-refractivity contribution < 1.29 is 9.72 Å². The third-order valence-electron chi connectivity index (χ3n) is 4.04. The second-order valence-electron chi connectivity index (χ2n) is 5.55. The number of nitro groups is 1. The van der Waals surface area contributed by atoms with Crippen LogP contribution in [-0.2, 0) is 0 Å². The standard InChI is InChI=1S/C16H17N5O3/c1-12-14(21(23)24)4-5-15(18-12)19-7-9-20(10-8-19)16(22)13-3-2-6-17-11-13/h2-6,11H,7-10H2,1H3. The largest absolute Gasteiger partial charge is 0.353 e. The highest BCUT2D eigenvalue weighted by molar-refractivity contribution is 5.94. The molecule has 0 aromatic carbocycles. The fraction of sp³-hybridized carbons (Fsp3) is 0.312. The van der Waals surface area contributed by atoms with Gasteiger partial charge in [0.15, 0.2) is 0 Å². The van der Waals surface area contributed by atoms with Crippen LogP contribution in [0.1, 0.15) is 16.1 Å². The van der Waals surface area contributed by atoms with Gasteiger partial charge in [0.05, 0.1) is 10.5 Å². The van der Waals surface area contributed by atoms with E-state index < -0.39 is 4.92 Å². The highest BCUT2D eigenvalue weighted by Crippen LogP contribution is 2.21. The second kappa shape index (κ2) is 6.61. The van der Waals surface area contributed by atoms with E-state index in [0.29, 0.717) is 43.3 Å². The Morgan fingerprint density at radius 3 is 2.54 bits per heavy atom. The van der Waals surface area contributed by atoms with Crippen molar-refractivity contribution >= 4 is 17.4 Å². The summed E-state index contributed by atoms with van der Waals surface area (Å²) in [6.07, 6.45) is 3.20. The van der Waals surface area contributed by atoms with Crippen molar-refractivity contribution in [3.8, 4) is 0 Å². The lowest BCUT2D eigenvalue weighted by molar-refractivity contribution is -0.385. The summed E-state index contributed by atoms with van der Waals surface area (Å²) in [5.41, 5.74) is 0.991. The van der Waals surface area contributed by atoms with Crippen LogP contribution < -0.4 is 4.90 Å². The van der Waals surface area contributed by atoms with Crippen molar-refractivity contribution in [1.29, 1.82) is 0 Å². The van der Waals surface area contributed by atoms with Crippen LogP contribution >= 0.6 is 0 Å². The predicted molar refractivity (Wildman–Crippen MR) is 88.0 cm³/mol. The van der Waals surface area contributed by atoms with E-state index in [1.165, 1.54) is 6.07 Å². The minimum Gasteiger partial charge on any atom is -0.353 e. The van der Waals surface area contributed by atoms with Gasteiger partial charge in [-0.3, -0.25) is 19.9 Å². The van der Waals surface area contributed by atoms with Crippen molar-refractivity contribution in [3.63, 3.8) is 0 Å². The Kier molecular flexibility index (Phi) is 4.37. The van der Waals surface area contributed by atoms with Crippen molar-refractivity contribution in [3.05, 3.63) is 58.0 Å². The smallest absolute Gasteiger partial charge is 0.290 e. The number of amides is 1. The van der Waals surface area contributed by atoms with E-state index in [1.807, 2.05) is 4.90 Å². The Balaban J connectivity index is 1.66. The summed E-state index contributed by atoms with van der Waals surface area (Å²) in [5.74, 6) is 0.669. The number of hydrogen-bond donors (Lipinski definition) is 0. The number of aryl methyl sites for hydroxylation is 1. The SMILES string of the molecule is Cc1nc(N2CCN(C(=O)c3cccnc3)CC2)ccc1[N+](=O)[O-]. The Hall–Kier alpha value is -3.03. The van der Waals surface area contributed by atoms with Crippen LogP contribution in [0, 0.1) is 17.0 Å². The number of carbonyl (C=O) groups is 1. The molecule has 1 fully saturated rings. The topological polar surface area (TPSA) is 92.5 Å². The van der Waals surface area contributed by atoms with Crippen LogP contribution in [0.15, 0.2) is 36.7 Å². The number of aromatic nitrogens is 2. The van der Waals surface area contributed by atoms with E-state index in [4.69, 9.17) is 0 Å². The molecule has 1 amide bonds. The molecule has 0 bridgehead atoms. The molecule has 0 aliphatic carbocycles. The average molecular weight is 327 g/mol. The summed E-state index contributed by atoms with van der Waals surface area (Å²) in [7, 11) is 0. The Bertz CT molecular complexity index is 758. The summed E-state index contributed by atoms with van der Waals surface area (Å²) in [5, 5.41) is 10.9. The molecule has 0 atom stereocenters. The molecule has 124 valence electrons. The molecule has 1 aliphatic heterocycles. The first-order valence-electron chi connectivity index (χ1n) is 7.62. The van der Waals surface area contributed by atoms with Crippen LogP contribution in [0.3, 0.4) is 0 Å². The van der Waals surface area contributed by atoms with Crippen molar-refractivity contribution in [2.75, 3.05) is 31.1 Å². The molecule has 2 aromatic heterocycles. The van der Waals surface area contributed by atoms with Gasteiger partial charge in [-0.1, -0.05) is 0 Å². The summed E-state index contributed by atoms with van der Waals surface area (Å²) in [6.45, 7) is 4.05. The molecule has 3 rings (SSSR count). The molecule has 0 N–H and O–H groups in total. The quantitative estimate of drug-likeness (QED) is 0.629. The van der Waals surface area contributed by atoms with Gasteiger partial charge in [0.1, 0.15) is 11.5 Å². The van der Waals surface area contributed by atoms with Crippen LogP contribution in [0.2, 0.25) is 0 Å². The molecule has 24 heavy (non-hydrogen) atoms. The second-order valence-corrected chi connectivity index (χ2v) is 5.55. The lowest BCUT2D eigenvalue weighted by Crippen LogP contribution is -2.49. The molecule has 2 aromatic rings. The molecular weight excluding hydrogens is 310 g/mol. The van der Waals surface area contributed by atoms with Gasteiger partial charge in [-0.2, -0.15) is 0 Å². The summed E-state index contributed by atoms with van der Waals surface area (Å²) in [4.78, 5) is 34.9.